The number of rotatable bonds is 5. The van der Waals surface area contributed by atoms with Gasteiger partial charge in [0.25, 0.3) is 0 Å². The van der Waals surface area contributed by atoms with Crippen molar-refractivity contribution in [3.05, 3.63) is 89.4 Å². The lowest BCUT2D eigenvalue weighted by molar-refractivity contribution is 0.0690. The molecule has 1 N–H and O–H groups in total. The molecule has 5 nitrogen and oxygen atoms in total. The van der Waals surface area contributed by atoms with E-state index < -0.39 is 5.97 Å². The molecule has 0 spiro atoms. The molecule has 138 valence electrons. The molecule has 5 rings (SSSR count). The van der Waals surface area contributed by atoms with Crippen molar-refractivity contribution < 1.29 is 9.90 Å². The highest BCUT2D eigenvalue weighted by atomic mass is 16.4. The first-order valence-corrected chi connectivity index (χ1v) is 9.45. The fourth-order valence-corrected chi connectivity index (χ4v) is 3.66. The number of fused-ring (bicyclic) bond motifs is 1. The van der Waals surface area contributed by atoms with Crippen LogP contribution in [0.2, 0.25) is 0 Å². The van der Waals surface area contributed by atoms with Gasteiger partial charge in [0.05, 0.1) is 11.2 Å². The van der Waals surface area contributed by atoms with Gasteiger partial charge in [-0.15, -0.1) is 0 Å². The Morgan fingerprint density at radius 2 is 1.86 bits per heavy atom. The molecule has 1 aliphatic rings. The van der Waals surface area contributed by atoms with Gasteiger partial charge in [-0.3, -0.25) is 0 Å². The second-order valence-corrected chi connectivity index (χ2v) is 7.26. The second-order valence-electron chi connectivity index (χ2n) is 7.26. The standard InChI is InChI=1S/C23H19N3O2/c27-23(28)20-8-4-7-18(24-20)13-19-21-12-11-17(15-9-10-15)14-26(21)25-22(19)16-5-2-1-3-6-16/h1-8,11-12,14-15H,9-10,13H2,(H,27,28). The largest absolute Gasteiger partial charge is 0.477 e. The van der Waals surface area contributed by atoms with E-state index >= 15 is 0 Å². The highest BCUT2D eigenvalue weighted by molar-refractivity contribution is 5.85. The molecule has 28 heavy (non-hydrogen) atoms. The van der Waals surface area contributed by atoms with Crippen LogP contribution in [0.15, 0.2) is 66.9 Å². The van der Waals surface area contributed by atoms with E-state index in [9.17, 15) is 9.90 Å². The Morgan fingerprint density at radius 1 is 1.04 bits per heavy atom. The minimum atomic E-state index is -1.01. The van der Waals surface area contributed by atoms with Crippen molar-refractivity contribution in [2.75, 3.05) is 0 Å². The summed E-state index contributed by atoms with van der Waals surface area (Å²) in [5.74, 6) is -0.356. The first-order valence-electron chi connectivity index (χ1n) is 9.45. The van der Waals surface area contributed by atoms with Crippen LogP contribution < -0.4 is 0 Å². The first-order chi connectivity index (χ1) is 13.7. The van der Waals surface area contributed by atoms with E-state index in [1.807, 2.05) is 40.9 Å². The topological polar surface area (TPSA) is 67.5 Å². The van der Waals surface area contributed by atoms with E-state index in [0.717, 1.165) is 28.0 Å². The Labute approximate surface area is 162 Å². The average Bonchev–Trinajstić information content (AvgIpc) is 3.52. The molecule has 1 fully saturated rings. The van der Waals surface area contributed by atoms with Crippen LogP contribution in [0.25, 0.3) is 16.8 Å². The lowest BCUT2D eigenvalue weighted by atomic mass is 10.0. The number of carboxylic acids is 1. The molecular formula is C23H19N3O2. The van der Waals surface area contributed by atoms with Crippen molar-refractivity contribution >= 4 is 11.5 Å². The summed E-state index contributed by atoms with van der Waals surface area (Å²) in [6.07, 6.45) is 5.15. The van der Waals surface area contributed by atoms with E-state index in [1.54, 1.807) is 6.07 Å². The molecule has 1 aromatic carbocycles. The van der Waals surface area contributed by atoms with Gasteiger partial charge < -0.3 is 5.11 Å². The third kappa shape index (κ3) is 3.05. The van der Waals surface area contributed by atoms with Crippen LogP contribution in [-0.2, 0) is 6.42 Å². The average molecular weight is 369 g/mol. The first kappa shape index (κ1) is 16.7. The molecule has 0 amide bonds. The maximum Gasteiger partial charge on any atom is 0.354 e. The van der Waals surface area contributed by atoms with Gasteiger partial charge in [0.15, 0.2) is 0 Å². The summed E-state index contributed by atoms with van der Waals surface area (Å²) in [7, 11) is 0. The SMILES string of the molecule is O=C(O)c1cccc(Cc2c(-c3ccccc3)nn3cc(C4CC4)ccc23)n1. The summed E-state index contributed by atoms with van der Waals surface area (Å²) in [5.41, 5.74) is 6.16. The Balaban J connectivity index is 1.65. The fraction of sp³-hybridized carbons (Fsp3) is 0.174. The quantitative estimate of drug-likeness (QED) is 0.560. The van der Waals surface area contributed by atoms with Crippen LogP contribution in [0.1, 0.15) is 46.1 Å². The third-order valence-electron chi connectivity index (χ3n) is 5.23. The number of hydrogen-bond acceptors (Lipinski definition) is 3. The van der Waals surface area contributed by atoms with E-state index in [2.05, 4.69) is 23.3 Å². The van der Waals surface area contributed by atoms with Gasteiger partial charge in [-0.1, -0.05) is 42.5 Å². The smallest absolute Gasteiger partial charge is 0.354 e. The number of aromatic carboxylic acids is 1. The highest BCUT2D eigenvalue weighted by Gasteiger charge is 2.25. The third-order valence-corrected chi connectivity index (χ3v) is 5.23. The Morgan fingerprint density at radius 3 is 2.61 bits per heavy atom. The number of hydrogen-bond donors (Lipinski definition) is 1. The van der Waals surface area contributed by atoms with E-state index in [1.165, 1.54) is 24.5 Å². The predicted molar refractivity (Wildman–Crippen MR) is 107 cm³/mol. The number of pyridine rings is 2. The van der Waals surface area contributed by atoms with Crippen LogP contribution in [0.3, 0.4) is 0 Å². The molecule has 0 bridgehead atoms. The van der Waals surface area contributed by atoms with Gasteiger partial charge in [-0.2, -0.15) is 5.10 Å². The van der Waals surface area contributed by atoms with Gasteiger partial charge in [-0.25, -0.2) is 14.3 Å². The summed E-state index contributed by atoms with van der Waals surface area (Å²) < 4.78 is 1.96. The van der Waals surface area contributed by atoms with Crippen LogP contribution in [0, 0.1) is 0 Å². The number of carbonyl (C=O) groups is 1. The zero-order valence-electron chi connectivity index (χ0n) is 15.2. The van der Waals surface area contributed by atoms with E-state index in [0.29, 0.717) is 12.3 Å². The van der Waals surface area contributed by atoms with Gasteiger partial charge in [0.2, 0.25) is 0 Å². The molecular weight excluding hydrogens is 350 g/mol. The van der Waals surface area contributed by atoms with Crippen LogP contribution in [0.5, 0.6) is 0 Å². The summed E-state index contributed by atoms with van der Waals surface area (Å²) in [6, 6.07) is 19.5. The lowest BCUT2D eigenvalue weighted by Crippen LogP contribution is -2.03. The zero-order valence-corrected chi connectivity index (χ0v) is 15.2. The summed E-state index contributed by atoms with van der Waals surface area (Å²) in [6.45, 7) is 0. The molecule has 5 heteroatoms. The van der Waals surface area contributed by atoms with Crippen molar-refractivity contribution in [3.8, 4) is 11.3 Å². The summed E-state index contributed by atoms with van der Waals surface area (Å²) >= 11 is 0. The molecule has 1 saturated carbocycles. The van der Waals surface area contributed by atoms with Crippen molar-refractivity contribution in [1.82, 2.24) is 14.6 Å². The van der Waals surface area contributed by atoms with Crippen molar-refractivity contribution in [2.24, 2.45) is 0 Å². The van der Waals surface area contributed by atoms with E-state index in [-0.39, 0.29) is 5.69 Å². The van der Waals surface area contributed by atoms with Crippen molar-refractivity contribution in [1.29, 1.82) is 0 Å². The molecule has 0 aliphatic heterocycles. The molecule has 0 saturated heterocycles. The molecule has 3 aromatic heterocycles. The number of benzene rings is 1. The molecule has 1 aliphatic carbocycles. The predicted octanol–water partition coefficient (Wildman–Crippen LogP) is 4.56. The van der Waals surface area contributed by atoms with Crippen LogP contribution in [-0.4, -0.2) is 25.7 Å². The minimum Gasteiger partial charge on any atom is -0.477 e. The monoisotopic (exact) mass is 369 g/mol. The van der Waals surface area contributed by atoms with Crippen LogP contribution in [0.4, 0.5) is 0 Å². The minimum absolute atomic E-state index is 0.0613. The zero-order chi connectivity index (χ0) is 19.1. The molecule has 0 atom stereocenters. The molecule has 3 heterocycles. The number of carboxylic acid groups (broad SMARTS) is 1. The van der Waals surface area contributed by atoms with Crippen molar-refractivity contribution in [2.45, 2.75) is 25.2 Å². The normalized spacial score (nSPS) is 13.7. The van der Waals surface area contributed by atoms with Gasteiger partial charge in [0, 0.05) is 29.4 Å². The van der Waals surface area contributed by atoms with E-state index in [4.69, 9.17) is 5.10 Å². The molecule has 0 radical (unpaired) electrons. The summed E-state index contributed by atoms with van der Waals surface area (Å²) in [4.78, 5) is 15.6. The Hall–Kier alpha value is -3.47. The Kier molecular flexibility index (Phi) is 3.93. The van der Waals surface area contributed by atoms with Crippen molar-refractivity contribution in [3.63, 3.8) is 0 Å². The molecule has 4 aromatic rings. The number of nitrogens with zero attached hydrogens (tertiary/aromatic N) is 3. The van der Waals surface area contributed by atoms with Gasteiger partial charge in [0.1, 0.15) is 5.69 Å². The van der Waals surface area contributed by atoms with Gasteiger partial charge >= 0.3 is 5.97 Å². The maximum atomic E-state index is 11.3. The highest BCUT2D eigenvalue weighted by Crippen LogP contribution is 2.40. The second kappa shape index (κ2) is 6.60. The Bertz CT molecular complexity index is 1180. The maximum absolute atomic E-state index is 11.3. The summed E-state index contributed by atoms with van der Waals surface area (Å²) in [5, 5.41) is 14.1. The molecule has 0 unspecified atom stereocenters. The lowest BCUT2D eigenvalue weighted by Gasteiger charge is -2.05. The number of aromatic nitrogens is 3. The van der Waals surface area contributed by atoms with Gasteiger partial charge in [-0.05, 0) is 42.5 Å². The fourth-order valence-electron chi connectivity index (χ4n) is 3.66. The van der Waals surface area contributed by atoms with Crippen LogP contribution >= 0.6 is 0 Å².